The summed E-state index contributed by atoms with van der Waals surface area (Å²) in [7, 11) is 0. The predicted octanol–water partition coefficient (Wildman–Crippen LogP) is 4.08. The molecule has 0 bridgehead atoms. The van der Waals surface area contributed by atoms with Gasteiger partial charge in [-0.2, -0.15) is 10.2 Å². The molecule has 0 radical (unpaired) electrons. The molecule has 0 N–H and O–H groups in total. The molecule has 1 atom stereocenters. The van der Waals surface area contributed by atoms with Crippen LogP contribution in [-0.2, 0) is 0 Å². The second kappa shape index (κ2) is 5.93. The van der Waals surface area contributed by atoms with Gasteiger partial charge < -0.3 is 0 Å². The largest absolute Gasteiger partial charge is 0.238 e. The van der Waals surface area contributed by atoms with Gasteiger partial charge in [0.05, 0.1) is 6.21 Å². The number of thiocarbonyl (C=S) groups is 1. The van der Waals surface area contributed by atoms with Gasteiger partial charge in [0.25, 0.3) is 0 Å². The zero-order chi connectivity index (χ0) is 14.7. The summed E-state index contributed by atoms with van der Waals surface area (Å²) in [4.78, 5) is 0. The summed E-state index contributed by atoms with van der Waals surface area (Å²) < 4.78 is 0. The predicted molar refractivity (Wildman–Crippen MR) is 87.2 cm³/mol. The van der Waals surface area contributed by atoms with E-state index in [4.69, 9.17) is 12.2 Å². The number of hydrogen-bond donors (Lipinski definition) is 0. The first kappa shape index (κ1) is 13.6. The molecule has 0 amide bonds. The fourth-order valence-electron chi connectivity index (χ4n) is 2.03. The van der Waals surface area contributed by atoms with E-state index in [1.54, 1.807) is 11.2 Å². The molecule has 1 aliphatic heterocycles. The quantitative estimate of drug-likeness (QED) is 0.632. The first-order valence-electron chi connectivity index (χ1n) is 6.64. The van der Waals surface area contributed by atoms with Gasteiger partial charge in [0, 0.05) is 5.56 Å². The molecule has 2 aromatic carbocycles. The highest BCUT2D eigenvalue weighted by molar-refractivity contribution is 7.80. The van der Waals surface area contributed by atoms with Gasteiger partial charge in [0.15, 0.2) is 6.17 Å². The Labute approximate surface area is 128 Å². The highest BCUT2D eigenvalue weighted by Crippen LogP contribution is 2.28. The van der Waals surface area contributed by atoms with Gasteiger partial charge in [-0.1, -0.05) is 60.2 Å². The maximum atomic E-state index is 5.21. The smallest absolute Gasteiger partial charge is 0.206 e. The van der Waals surface area contributed by atoms with Crippen LogP contribution in [0.1, 0.15) is 22.9 Å². The standard InChI is InChI=1S/C16H14N4S/c1-12-7-9-13(10-8-12)11-17-20-15(18-19-16(20)21)14-5-3-2-4-6-14/h2-11,15H,1H3. The van der Waals surface area contributed by atoms with E-state index in [1.807, 2.05) is 54.6 Å². The topological polar surface area (TPSA) is 40.3 Å². The van der Waals surface area contributed by atoms with E-state index >= 15 is 0 Å². The first-order chi connectivity index (χ1) is 10.2. The molecule has 3 rings (SSSR count). The van der Waals surface area contributed by atoms with E-state index in [0.29, 0.717) is 5.11 Å². The average molecular weight is 294 g/mol. The number of benzene rings is 2. The van der Waals surface area contributed by atoms with Crippen LogP contribution in [0, 0.1) is 6.92 Å². The molecule has 0 saturated heterocycles. The average Bonchev–Trinajstić information content (AvgIpc) is 2.89. The van der Waals surface area contributed by atoms with Crippen LogP contribution in [0.25, 0.3) is 0 Å². The maximum Gasteiger partial charge on any atom is 0.238 e. The number of nitrogens with zero attached hydrogens (tertiary/aromatic N) is 4. The van der Waals surface area contributed by atoms with Gasteiger partial charge in [0.2, 0.25) is 5.11 Å². The molecule has 104 valence electrons. The fourth-order valence-corrected chi connectivity index (χ4v) is 2.22. The van der Waals surface area contributed by atoms with Gasteiger partial charge in [0.1, 0.15) is 0 Å². The van der Waals surface area contributed by atoms with Crippen molar-refractivity contribution in [3.8, 4) is 0 Å². The Bertz CT molecular complexity index is 692. The van der Waals surface area contributed by atoms with Crippen molar-refractivity contribution in [2.24, 2.45) is 15.3 Å². The minimum atomic E-state index is -0.277. The first-order valence-corrected chi connectivity index (χ1v) is 7.04. The number of azo groups is 1. The van der Waals surface area contributed by atoms with Crippen molar-refractivity contribution in [1.29, 1.82) is 0 Å². The summed E-state index contributed by atoms with van der Waals surface area (Å²) in [5, 5.41) is 14.6. The molecule has 2 aromatic rings. The molecule has 0 saturated carbocycles. The van der Waals surface area contributed by atoms with E-state index < -0.39 is 0 Å². The third-order valence-electron chi connectivity index (χ3n) is 3.19. The van der Waals surface area contributed by atoms with E-state index in [9.17, 15) is 0 Å². The van der Waals surface area contributed by atoms with E-state index in [0.717, 1.165) is 11.1 Å². The van der Waals surface area contributed by atoms with Crippen molar-refractivity contribution in [2.45, 2.75) is 13.1 Å². The fraction of sp³-hybridized carbons (Fsp3) is 0.125. The molecule has 0 aliphatic carbocycles. The van der Waals surface area contributed by atoms with Crippen molar-refractivity contribution in [1.82, 2.24) is 5.01 Å². The molecule has 1 unspecified atom stereocenters. The lowest BCUT2D eigenvalue weighted by molar-refractivity contribution is 0.367. The summed E-state index contributed by atoms with van der Waals surface area (Å²) in [6.07, 6.45) is 1.50. The van der Waals surface area contributed by atoms with Crippen LogP contribution in [0.2, 0.25) is 0 Å². The molecular formula is C16H14N4S. The summed E-state index contributed by atoms with van der Waals surface area (Å²) in [5.41, 5.74) is 3.25. The lowest BCUT2D eigenvalue weighted by Crippen LogP contribution is -2.21. The SMILES string of the molecule is Cc1ccc(C=NN2C(=S)N=NC2c2ccccc2)cc1. The Kier molecular flexibility index (Phi) is 3.83. The number of aryl methyl sites for hydroxylation is 1. The van der Waals surface area contributed by atoms with Crippen molar-refractivity contribution < 1.29 is 0 Å². The van der Waals surface area contributed by atoms with Crippen LogP contribution in [0.4, 0.5) is 0 Å². The molecule has 5 heteroatoms. The lowest BCUT2D eigenvalue weighted by Gasteiger charge is -2.17. The zero-order valence-corrected chi connectivity index (χ0v) is 12.4. The van der Waals surface area contributed by atoms with Crippen LogP contribution in [0.3, 0.4) is 0 Å². The summed E-state index contributed by atoms with van der Waals surface area (Å²) in [6.45, 7) is 2.06. The lowest BCUT2D eigenvalue weighted by atomic mass is 10.2. The van der Waals surface area contributed by atoms with Crippen LogP contribution in [0.15, 0.2) is 69.9 Å². The minimum Gasteiger partial charge on any atom is -0.206 e. The second-order valence-corrected chi connectivity index (χ2v) is 5.15. The van der Waals surface area contributed by atoms with Crippen LogP contribution >= 0.6 is 12.2 Å². The molecule has 1 aliphatic rings. The van der Waals surface area contributed by atoms with E-state index in [1.165, 1.54) is 5.56 Å². The summed E-state index contributed by atoms with van der Waals surface area (Å²) >= 11 is 5.21. The van der Waals surface area contributed by atoms with E-state index in [2.05, 4.69) is 22.3 Å². The molecule has 21 heavy (non-hydrogen) atoms. The van der Waals surface area contributed by atoms with Gasteiger partial charge in [-0.3, -0.25) is 0 Å². The zero-order valence-electron chi connectivity index (χ0n) is 11.5. The Balaban J connectivity index is 1.83. The van der Waals surface area contributed by atoms with Gasteiger partial charge >= 0.3 is 0 Å². The van der Waals surface area contributed by atoms with Crippen molar-refractivity contribution in [2.75, 3.05) is 0 Å². The van der Waals surface area contributed by atoms with Crippen LogP contribution in [0.5, 0.6) is 0 Å². The Morgan fingerprint density at radius 1 is 1.10 bits per heavy atom. The molecular weight excluding hydrogens is 280 g/mol. The molecule has 1 heterocycles. The van der Waals surface area contributed by atoms with Gasteiger partial charge in [-0.15, -0.1) is 5.11 Å². The van der Waals surface area contributed by atoms with Crippen molar-refractivity contribution in [3.63, 3.8) is 0 Å². The van der Waals surface area contributed by atoms with Gasteiger partial charge in [-0.25, -0.2) is 5.01 Å². The Morgan fingerprint density at radius 3 is 2.52 bits per heavy atom. The summed E-state index contributed by atoms with van der Waals surface area (Å²) in [6, 6.07) is 18.0. The van der Waals surface area contributed by atoms with Crippen molar-refractivity contribution >= 4 is 23.5 Å². The van der Waals surface area contributed by atoms with E-state index in [-0.39, 0.29) is 6.17 Å². The van der Waals surface area contributed by atoms with Crippen LogP contribution in [-0.4, -0.2) is 16.3 Å². The maximum absolute atomic E-state index is 5.21. The molecule has 0 aromatic heterocycles. The Hall–Kier alpha value is -2.40. The molecule has 0 fully saturated rings. The number of rotatable bonds is 3. The minimum absolute atomic E-state index is 0.277. The van der Waals surface area contributed by atoms with Crippen molar-refractivity contribution in [3.05, 3.63) is 71.3 Å². The Morgan fingerprint density at radius 2 is 1.81 bits per heavy atom. The molecule has 0 spiro atoms. The monoisotopic (exact) mass is 294 g/mol. The summed E-state index contributed by atoms with van der Waals surface area (Å²) in [5.74, 6) is 0. The van der Waals surface area contributed by atoms with Crippen LogP contribution < -0.4 is 0 Å². The third-order valence-corrected chi connectivity index (χ3v) is 3.46. The highest BCUT2D eigenvalue weighted by Gasteiger charge is 2.27. The second-order valence-electron chi connectivity index (χ2n) is 4.78. The number of hydrazone groups is 1. The third kappa shape index (κ3) is 3.03. The normalized spacial score (nSPS) is 17.9. The number of hydrogen-bond acceptors (Lipinski definition) is 3. The molecule has 4 nitrogen and oxygen atoms in total. The highest BCUT2D eigenvalue weighted by atomic mass is 32.1. The van der Waals surface area contributed by atoms with Gasteiger partial charge in [-0.05, 0) is 24.7 Å².